The van der Waals surface area contributed by atoms with Crippen LogP contribution in [0.1, 0.15) is 55.2 Å². The number of nitrogens with zero attached hydrogens (tertiary/aromatic N) is 4. The van der Waals surface area contributed by atoms with Crippen LogP contribution in [0.4, 0.5) is 34.1 Å². The van der Waals surface area contributed by atoms with Gasteiger partial charge in [-0.3, -0.25) is 14.5 Å². The van der Waals surface area contributed by atoms with Crippen molar-refractivity contribution < 1.29 is 37.5 Å². The number of hydrogen-bond acceptors (Lipinski definition) is 6. The first kappa shape index (κ1) is 38.5. The first-order valence-electron chi connectivity index (χ1n) is 18.4. The molecule has 4 aliphatic heterocycles. The molecule has 0 aromatic heterocycles. The number of hydrogen-bond donors (Lipinski definition) is 4. The summed E-state index contributed by atoms with van der Waals surface area (Å²) >= 11 is 6.13. The fraction of sp³-hybridized carbons (Fsp3) is 0.568. The smallest absolute Gasteiger partial charge is 0.418 e. The summed E-state index contributed by atoms with van der Waals surface area (Å²) in [6.45, 7) is 3.53. The highest BCUT2D eigenvalue weighted by atomic mass is 35.5. The van der Waals surface area contributed by atoms with Crippen LogP contribution in [0.2, 0.25) is 5.02 Å². The molecule has 2 aromatic carbocycles. The van der Waals surface area contributed by atoms with Crippen LogP contribution in [-0.4, -0.2) is 113 Å². The number of rotatable bonds is 8. The lowest BCUT2D eigenvalue weighted by atomic mass is 9.78. The number of nitrogens with one attached hydrogen (secondary N) is 2. The molecule has 12 nitrogen and oxygen atoms in total. The highest BCUT2D eigenvalue weighted by molar-refractivity contribution is 6.33. The Morgan fingerprint density at radius 3 is 2.19 bits per heavy atom. The van der Waals surface area contributed by atoms with Crippen molar-refractivity contribution >= 4 is 46.9 Å². The number of fused-ring (bicyclic) bond motifs is 1. The van der Waals surface area contributed by atoms with E-state index in [9.17, 15) is 32.3 Å². The van der Waals surface area contributed by atoms with E-state index in [2.05, 4.69) is 10.6 Å². The third-order valence-electron chi connectivity index (χ3n) is 11.4. The number of anilines is 2. The molecule has 0 spiro atoms. The quantitative estimate of drug-likeness (QED) is 0.272. The number of carboxylic acid groups (broad SMARTS) is 1. The van der Waals surface area contributed by atoms with Crippen molar-refractivity contribution in [3.63, 3.8) is 0 Å². The monoisotopic (exact) mass is 761 g/mol. The summed E-state index contributed by atoms with van der Waals surface area (Å²) in [4.78, 5) is 59.0. The number of likely N-dealkylation sites (tertiary alicyclic amines) is 3. The molecule has 53 heavy (non-hydrogen) atoms. The molecule has 6 rings (SSSR count). The molecule has 2 aromatic rings. The molecular weight excluding hydrogens is 715 g/mol. The van der Waals surface area contributed by atoms with Crippen LogP contribution < -0.4 is 16.4 Å². The number of para-hydroxylation sites is 1. The number of carboxylic acids is 1. The Bertz CT molecular complexity index is 1670. The first-order chi connectivity index (χ1) is 25.3. The van der Waals surface area contributed by atoms with Crippen LogP contribution in [0, 0.1) is 11.8 Å². The van der Waals surface area contributed by atoms with Crippen molar-refractivity contribution in [3.05, 3.63) is 58.1 Å². The highest BCUT2D eigenvalue weighted by Gasteiger charge is 2.38. The molecule has 0 radical (unpaired) electrons. The maximum Gasteiger partial charge on any atom is 0.418 e. The van der Waals surface area contributed by atoms with Gasteiger partial charge in [0.2, 0.25) is 5.91 Å². The lowest BCUT2D eigenvalue weighted by Gasteiger charge is -2.41. The number of carbonyl (C=O) groups is 4. The number of halogens is 4. The molecule has 3 saturated heterocycles. The molecule has 0 aliphatic carbocycles. The number of aliphatic carboxylic acids is 1. The van der Waals surface area contributed by atoms with Crippen molar-refractivity contribution in [2.45, 2.75) is 69.6 Å². The van der Waals surface area contributed by atoms with Gasteiger partial charge in [-0.15, -0.1) is 0 Å². The third kappa shape index (κ3) is 9.29. The van der Waals surface area contributed by atoms with Crippen molar-refractivity contribution in [3.8, 4) is 0 Å². The summed E-state index contributed by atoms with van der Waals surface area (Å²) in [5.74, 6) is -0.439. The van der Waals surface area contributed by atoms with E-state index in [0.717, 1.165) is 43.0 Å². The van der Waals surface area contributed by atoms with Crippen molar-refractivity contribution in [2.75, 3.05) is 63.4 Å². The summed E-state index contributed by atoms with van der Waals surface area (Å²) in [7, 11) is 0. The fourth-order valence-electron chi connectivity index (χ4n) is 8.41. The van der Waals surface area contributed by atoms with E-state index in [4.69, 9.17) is 22.4 Å². The summed E-state index contributed by atoms with van der Waals surface area (Å²) in [6, 6.07) is 7.93. The lowest BCUT2D eigenvalue weighted by Crippen LogP contribution is -2.57. The molecule has 0 bridgehead atoms. The number of carbonyl (C=O) groups excluding carboxylic acids is 3. The summed E-state index contributed by atoms with van der Waals surface area (Å²) in [6.07, 6.45) is 0.0228. The second-order valence-electron chi connectivity index (χ2n) is 14.7. The zero-order valence-corrected chi connectivity index (χ0v) is 30.3. The Labute approximate surface area is 311 Å². The molecule has 0 unspecified atom stereocenters. The maximum absolute atomic E-state index is 14.1. The Balaban J connectivity index is 1.10. The van der Waals surface area contributed by atoms with Crippen molar-refractivity contribution in [1.82, 2.24) is 24.9 Å². The number of alkyl halides is 3. The van der Waals surface area contributed by atoms with Gasteiger partial charge in [0, 0.05) is 50.9 Å². The molecule has 4 heterocycles. The first-order valence-corrected chi connectivity index (χ1v) is 18.7. The van der Waals surface area contributed by atoms with Crippen LogP contribution in [0.15, 0.2) is 36.4 Å². The van der Waals surface area contributed by atoms with Gasteiger partial charge < -0.3 is 36.2 Å². The molecule has 16 heteroatoms. The Hall–Kier alpha value is -4.24. The standard InChI is InChI=1S/C37H47ClF3N7O5/c38-29-20-23(19-28(33(29)42)37(39,40)41)21-31(34(51)46-14-7-25(8-15-46)24-5-12-45(13-6-24)22-32(49)50)44-35(52)47-16-10-27(11-17-47)48-18-9-26-3-1-2-4-30(26)43-36(48)53/h1-4,19-20,24-25,27,31H,5-18,21-22,42H2,(H,43,53)(H,44,52)(H,49,50)/t31-/m0/s1. The van der Waals surface area contributed by atoms with Gasteiger partial charge in [-0.2, -0.15) is 13.2 Å². The summed E-state index contributed by atoms with van der Waals surface area (Å²) in [5.41, 5.74) is 5.93. The Morgan fingerprint density at radius 2 is 1.55 bits per heavy atom. The van der Waals surface area contributed by atoms with E-state index >= 15 is 0 Å². The number of piperidine rings is 3. The lowest BCUT2D eigenvalue weighted by molar-refractivity contribution is -0.139. The van der Waals surface area contributed by atoms with Crippen LogP contribution in [0.25, 0.3) is 0 Å². The van der Waals surface area contributed by atoms with E-state index in [1.807, 2.05) is 34.1 Å². The molecule has 3 fully saturated rings. The van der Waals surface area contributed by atoms with Crippen LogP contribution in [-0.2, 0) is 28.6 Å². The molecule has 0 saturated carbocycles. The average Bonchev–Trinajstić information content (AvgIpc) is 3.30. The zero-order chi connectivity index (χ0) is 37.9. The predicted octanol–water partition coefficient (Wildman–Crippen LogP) is 5.15. The predicted molar refractivity (Wildman–Crippen MR) is 193 cm³/mol. The summed E-state index contributed by atoms with van der Waals surface area (Å²) in [5, 5.41) is 14.7. The third-order valence-corrected chi connectivity index (χ3v) is 11.7. The van der Waals surface area contributed by atoms with E-state index in [-0.39, 0.29) is 41.5 Å². The van der Waals surface area contributed by atoms with Crippen LogP contribution in [0.5, 0.6) is 0 Å². The Kier molecular flexibility index (Phi) is 11.9. The molecule has 5 N–H and O–H groups in total. The molecule has 288 valence electrons. The minimum atomic E-state index is -4.77. The number of nitrogen functional groups attached to an aromatic ring is 1. The van der Waals surface area contributed by atoms with Crippen molar-refractivity contribution in [2.24, 2.45) is 11.8 Å². The van der Waals surface area contributed by atoms with Gasteiger partial charge in [0.25, 0.3) is 0 Å². The Morgan fingerprint density at radius 1 is 0.925 bits per heavy atom. The number of amides is 5. The molecule has 5 amide bonds. The summed E-state index contributed by atoms with van der Waals surface area (Å²) < 4.78 is 41.6. The van der Waals surface area contributed by atoms with Crippen LogP contribution >= 0.6 is 11.6 Å². The zero-order valence-electron chi connectivity index (χ0n) is 29.5. The molecule has 4 aliphatic rings. The van der Waals surface area contributed by atoms with Crippen LogP contribution in [0.3, 0.4) is 0 Å². The van der Waals surface area contributed by atoms with Gasteiger partial charge in [0.1, 0.15) is 6.04 Å². The van der Waals surface area contributed by atoms with E-state index in [1.54, 1.807) is 9.80 Å². The van der Waals surface area contributed by atoms with Crippen molar-refractivity contribution in [1.29, 1.82) is 0 Å². The van der Waals surface area contributed by atoms with Gasteiger partial charge >= 0.3 is 24.2 Å². The second kappa shape index (κ2) is 16.4. The van der Waals surface area contributed by atoms with E-state index < -0.39 is 35.5 Å². The minimum Gasteiger partial charge on any atom is -0.480 e. The van der Waals surface area contributed by atoms with Gasteiger partial charge in [-0.25, -0.2) is 9.59 Å². The maximum atomic E-state index is 14.1. The van der Waals surface area contributed by atoms with E-state index in [0.29, 0.717) is 76.9 Å². The number of urea groups is 2. The normalized spacial score (nSPS) is 20.4. The number of benzene rings is 2. The topological polar surface area (TPSA) is 152 Å². The molecular formula is C37H47ClF3N7O5. The van der Waals surface area contributed by atoms with E-state index in [1.165, 1.54) is 6.07 Å². The fourth-order valence-corrected chi connectivity index (χ4v) is 8.65. The second-order valence-corrected chi connectivity index (χ2v) is 15.1. The largest absolute Gasteiger partial charge is 0.480 e. The SMILES string of the molecule is Nc1c(Cl)cc(C[C@H](NC(=O)N2CCC(N3CCc4ccccc4NC3=O)CC2)C(=O)N2CCC(C3CCN(CC(=O)O)CC3)CC2)cc1C(F)(F)F. The minimum absolute atomic E-state index is 0.0271. The average molecular weight is 762 g/mol. The molecule has 1 atom stereocenters. The van der Waals surface area contributed by atoms with Gasteiger partial charge in [-0.05, 0) is 99.2 Å². The van der Waals surface area contributed by atoms with Gasteiger partial charge in [-0.1, -0.05) is 29.8 Å². The van der Waals surface area contributed by atoms with Gasteiger partial charge in [0.05, 0.1) is 22.8 Å². The number of nitrogens with two attached hydrogens (primary N) is 1. The highest BCUT2D eigenvalue weighted by Crippen LogP contribution is 2.38. The van der Waals surface area contributed by atoms with Gasteiger partial charge in [0.15, 0.2) is 0 Å².